The monoisotopic (exact) mass is 275 g/mol. The van der Waals surface area contributed by atoms with Crippen molar-refractivity contribution in [3.63, 3.8) is 0 Å². The maximum absolute atomic E-state index is 5.58. The molecular formula is C11H18BrNO2. The van der Waals surface area contributed by atoms with Crippen molar-refractivity contribution in [2.24, 2.45) is 0 Å². The van der Waals surface area contributed by atoms with Gasteiger partial charge in [-0.1, -0.05) is 6.92 Å². The van der Waals surface area contributed by atoms with Gasteiger partial charge in [0.1, 0.15) is 5.76 Å². The minimum atomic E-state index is 0.128. The third-order valence-electron chi connectivity index (χ3n) is 1.98. The maximum atomic E-state index is 5.58. The molecule has 0 aliphatic rings. The zero-order valence-corrected chi connectivity index (χ0v) is 11.0. The van der Waals surface area contributed by atoms with Gasteiger partial charge in [-0.05, 0) is 48.5 Å². The molecule has 0 saturated heterocycles. The summed E-state index contributed by atoms with van der Waals surface area (Å²) in [7, 11) is 0. The molecule has 0 radical (unpaired) electrons. The second kappa shape index (κ2) is 6.30. The van der Waals surface area contributed by atoms with Gasteiger partial charge in [-0.15, -0.1) is 0 Å². The molecule has 1 aromatic rings. The molecule has 1 rings (SSSR count). The van der Waals surface area contributed by atoms with Crippen molar-refractivity contribution in [1.29, 1.82) is 0 Å². The Morgan fingerprint density at radius 2 is 2.20 bits per heavy atom. The van der Waals surface area contributed by atoms with E-state index in [1.54, 1.807) is 0 Å². The third kappa shape index (κ3) is 4.36. The number of halogens is 1. The SMILES string of the molecule is CCNC(COC(C)C)c1ccc(Br)o1. The normalized spacial score (nSPS) is 13.4. The first-order chi connectivity index (χ1) is 7.13. The van der Waals surface area contributed by atoms with E-state index in [2.05, 4.69) is 28.2 Å². The molecule has 1 atom stereocenters. The van der Waals surface area contributed by atoms with E-state index in [0.29, 0.717) is 6.61 Å². The molecule has 0 amide bonds. The van der Waals surface area contributed by atoms with E-state index in [1.807, 2.05) is 26.0 Å². The van der Waals surface area contributed by atoms with Gasteiger partial charge >= 0.3 is 0 Å². The predicted molar refractivity (Wildman–Crippen MR) is 63.9 cm³/mol. The van der Waals surface area contributed by atoms with Crippen LogP contribution in [0, 0.1) is 0 Å². The molecule has 4 heteroatoms. The van der Waals surface area contributed by atoms with Gasteiger partial charge in [-0.2, -0.15) is 0 Å². The van der Waals surface area contributed by atoms with Crippen LogP contribution in [0.4, 0.5) is 0 Å². The molecule has 3 nitrogen and oxygen atoms in total. The highest BCUT2D eigenvalue weighted by Crippen LogP contribution is 2.20. The Balaban J connectivity index is 2.57. The van der Waals surface area contributed by atoms with E-state index in [1.165, 1.54) is 0 Å². The Labute approximate surface area is 99.3 Å². The summed E-state index contributed by atoms with van der Waals surface area (Å²) in [5.74, 6) is 0.907. The average Bonchev–Trinajstić information content (AvgIpc) is 2.59. The fourth-order valence-electron chi connectivity index (χ4n) is 1.29. The predicted octanol–water partition coefficient (Wildman–Crippen LogP) is 3.12. The summed E-state index contributed by atoms with van der Waals surface area (Å²) in [5, 5.41) is 3.33. The molecule has 0 saturated carbocycles. The fourth-order valence-corrected chi connectivity index (χ4v) is 1.61. The Morgan fingerprint density at radius 3 is 2.67 bits per heavy atom. The summed E-state index contributed by atoms with van der Waals surface area (Å²) in [6.45, 7) is 7.65. The summed E-state index contributed by atoms with van der Waals surface area (Å²) >= 11 is 3.30. The largest absolute Gasteiger partial charge is 0.453 e. The van der Waals surface area contributed by atoms with Crippen molar-refractivity contribution in [3.8, 4) is 0 Å². The minimum Gasteiger partial charge on any atom is -0.453 e. The number of likely N-dealkylation sites (N-methyl/N-ethyl adjacent to an activating group) is 1. The van der Waals surface area contributed by atoms with Gasteiger partial charge in [0, 0.05) is 0 Å². The quantitative estimate of drug-likeness (QED) is 0.866. The molecule has 1 unspecified atom stereocenters. The van der Waals surface area contributed by atoms with Crippen LogP contribution in [0.25, 0.3) is 0 Å². The van der Waals surface area contributed by atoms with E-state index >= 15 is 0 Å². The Hall–Kier alpha value is -0.320. The molecule has 0 spiro atoms. The van der Waals surface area contributed by atoms with Gasteiger partial charge in [0.05, 0.1) is 18.8 Å². The van der Waals surface area contributed by atoms with Crippen LogP contribution in [0.1, 0.15) is 32.6 Å². The van der Waals surface area contributed by atoms with Gasteiger partial charge < -0.3 is 14.5 Å². The van der Waals surface area contributed by atoms with Gasteiger partial charge in [-0.3, -0.25) is 0 Å². The summed E-state index contributed by atoms with van der Waals surface area (Å²) in [6, 6.07) is 3.99. The fraction of sp³-hybridized carbons (Fsp3) is 0.636. The van der Waals surface area contributed by atoms with E-state index in [-0.39, 0.29) is 12.1 Å². The summed E-state index contributed by atoms with van der Waals surface area (Å²) in [6.07, 6.45) is 0.240. The summed E-state index contributed by atoms with van der Waals surface area (Å²) in [5.41, 5.74) is 0. The van der Waals surface area contributed by atoms with Crippen molar-refractivity contribution < 1.29 is 9.15 Å². The van der Waals surface area contributed by atoms with Gasteiger partial charge in [0.2, 0.25) is 0 Å². The molecule has 0 bridgehead atoms. The van der Waals surface area contributed by atoms with Crippen molar-refractivity contribution in [2.45, 2.75) is 32.9 Å². The van der Waals surface area contributed by atoms with Crippen LogP contribution in [0.5, 0.6) is 0 Å². The number of rotatable bonds is 6. The zero-order chi connectivity index (χ0) is 11.3. The van der Waals surface area contributed by atoms with Crippen LogP contribution < -0.4 is 5.32 Å². The molecular weight excluding hydrogens is 258 g/mol. The van der Waals surface area contributed by atoms with E-state index in [9.17, 15) is 0 Å². The number of hydrogen-bond acceptors (Lipinski definition) is 3. The zero-order valence-electron chi connectivity index (χ0n) is 9.42. The van der Waals surface area contributed by atoms with E-state index in [0.717, 1.165) is 17.0 Å². The highest BCUT2D eigenvalue weighted by Gasteiger charge is 2.14. The molecule has 0 fully saturated rings. The van der Waals surface area contributed by atoms with E-state index in [4.69, 9.17) is 9.15 Å². The first kappa shape index (κ1) is 12.7. The molecule has 0 aromatic carbocycles. The first-order valence-corrected chi connectivity index (χ1v) is 6.03. The molecule has 1 heterocycles. The lowest BCUT2D eigenvalue weighted by atomic mass is 10.2. The lowest BCUT2D eigenvalue weighted by molar-refractivity contribution is 0.0569. The number of furan rings is 1. The Bertz CT molecular complexity index is 286. The molecule has 1 aromatic heterocycles. The maximum Gasteiger partial charge on any atom is 0.169 e. The second-order valence-electron chi connectivity index (χ2n) is 3.63. The van der Waals surface area contributed by atoms with E-state index < -0.39 is 0 Å². The highest BCUT2D eigenvalue weighted by atomic mass is 79.9. The van der Waals surface area contributed by atoms with Crippen LogP contribution in [-0.2, 0) is 4.74 Å². The third-order valence-corrected chi connectivity index (χ3v) is 2.41. The number of ether oxygens (including phenoxy) is 1. The smallest absolute Gasteiger partial charge is 0.169 e. The van der Waals surface area contributed by atoms with Crippen LogP contribution in [0.2, 0.25) is 0 Å². The van der Waals surface area contributed by atoms with Crippen LogP contribution in [0.3, 0.4) is 0 Å². The minimum absolute atomic E-state index is 0.128. The van der Waals surface area contributed by atoms with Gasteiger partial charge in [0.25, 0.3) is 0 Å². The standard InChI is InChI=1S/C11H18BrNO2/c1-4-13-9(7-14-8(2)3)10-5-6-11(12)15-10/h5-6,8-9,13H,4,7H2,1-3H3. The molecule has 86 valence electrons. The lowest BCUT2D eigenvalue weighted by Crippen LogP contribution is -2.26. The highest BCUT2D eigenvalue weighted by molar-refractivity contribution is 9.10. The molecule has 0 aliphatic carbocycles. The van der Waals surface area contributed by atoms with Crippen LogP contribution in [-0.4, -0.2) is 19.3 Å². The topological polar surface area (TPSA) is 34.4 Å². The van der Waals surface area contributed by atoms with Crippen LogP contribution in [0.15, 0.2) is 21.2 Å². The lowest BCUT2D eigenvalue weighted by Gasteiger charge is -2.17. The molecule has 0 aliphatic heterocycles. The van der Waals surface area contributed by atoms with Crippen LogP contribution >= 0.6 is 15.9 Å². The Kier molecular flexibility index (Phi) is 5.36. The molecule has 15 heavy (non-hydrogen) atoms. The van der Waals surface area contributed by atoms with Crippen molar-refractivity contribution >= 4 is 15.9 Å². The number of nitrogens with one attached hydrogen (secondary N) is 1. The Morgan fingerprint density at radius 1 is 1.47 bits per heavy atom. The van der Waals surface area contributed by atoms with Crippen molar-refractivity contribution in [3.05, 3.63) is 22.6 Å². The summed E-state index contributed by atoms with van der Waals surface area (Å²) < 4.78 is 11.8. The van der Waals surface area contributed by atoms with Crippen molar-refractivity contribution in [2.75, 3.05) is 13.2 Å². The number of hydrogen-bond donors (Lipinski definition) is 1. The van der Waals surface area contributed by atoms with Crippen molar-refractivity contribution in [1.82, 2.24) is 5.32 Å². The average molecular weight is 276 g/mol. The molecule has 1 N–H and O–H groups in total. The van der Waals surface area contributed by atoms with Gasteiger partial charge in [-0.25, -0.2) is 0 Å². The second-order valence-corrected chi connectivity index (χ2v) is 4.42. The summed E-state index contributed by atoms with van der Waals surface area (Å²) in [4.78, 5) is 0. The first-order valence-electron chi connectivity index (χ1n) is 5.23. The van der Waals surface area contributed by atoms with Gasteiger partial charge in [0.15, 0.2) is 4.67 Å².